The van der Waals surface area contributed by atoms with Crippen LogP contribution in [0.15, 0.2) is 46.6 Å². The van der Waals surface area contributed by atoms with Crippen molar-refractivity contribution in [2.45, 2.75) is 25.0 Å². The zero-order valence-electron chi connectivity index (χ0n) is 15.8. The minimum absolute atomic E-state index is 0.0378. The fourth-order valence-corrected chi connectivity index (χ4v) is 4.05. The summed E-state index contributed by atoms with van der Waals surface area (Å²) in [5, 5.41) is 11.2. The molecule has 2 aliphatic rings. The largest absolute Gasteiger partial charge is 0.507 e. The van der Waals surface area contributed by atoms with Crippen molar-refractivity contribution >= 4 is 29.1 Å². The first-order valence-electron chi connectivity index (χ1n) is 9.28. The number of aliphatic hydroxyl groups is 1. The second-order valence-electron chi connectivity index (χ2n) is 6.95. The van der Waals surface area contributed by atoms with Crippen LogP contribution in [0, 0.1) is 0 Å². The summed E-state index contributed by atoms with van der Waals surface area (Å²) in [6, 6.07) is 7.16. The number of ketones is 1. The summed E-state index contributed by atoms with van der Waals surface area (Å²) in [4.78, 5) is 27.1. The molecule has 0 spiro atoms. The van der Waals surface area contributed by atoms with Crippen LogP contribution < -0.4 is 4.74 Å². The second kappa shape index (κ2) is 7.93. The maximum atomic E-state index is 12.9. The van der Waals surface area contributed by atoms with E-state index in [0.29, 0.717) is 23.7 Å². The van der Waals surface area contributed by atoms with Crippen molar-refractivity contribution in [2.75, 3.05) is 20.3 Å². The predicted octanol–water partition coefficient (Wildman–Crippen LogP) is 3.54. The average Bonchev–Trinajstić information content (AvgIpc) is 3.46. The summed E-state index contributed by atoms with van der Waals surface area (Å²) < 4.78 is 16.3. The maximum absolute atomic E-state index is 12.9. The van der Waals surface area contributed by atoms with Crippen LogP contribution in [0.25, 0.3) is 5.76 Å². The van der Waals surface area contributed by atoms with E-state index in [1.807, 2.05) is 0 Å². The molecule has 0 radical (unpaired) electrons. The number of amides is 1. The Balaban J connectivity index is 1.79. The molecule has 2 aromatic rings. The van der Waals surface area contributed by atoms with Gasteiger partial charge in [0, 0.05) is 18.7 Å². The van der Waals surface area contributed by atoms with Crippen molar-refractivity contribution in [1.29, 1.82) is 0 Å². The van der Waals surface area contributed by atoms with E-state index < -0.39 is 17.7 Å². The van der Waals surface area contributed by atoms with Crippen LogP contribution in [0.4, 0.5) is 0 Å². The SMILES string of the molecule is COc1ccc(/C(O)=C2/C(=O)C(=O)N(CC3CCCO3)C2c2ccco2)cc1Cl. The highest BCUT2D eigenvalue weighted by Crippen LogP contribution is 2.41. The van der Waals surface area contributed by atoms with Gasteiger partial charge in [-0.2, -0.15) is 0 Å². The molecule has 2 aliphatic heterocycles. The van der Waals surface area contributed by atoms with Crippen molar-refractivity contribution < 1.29 is 28.6 Å². The summed E-state index contributed by atoms with van der Waals surface area (Å²) in [5.41, 5.74) is 0.270. The second-order valence-corrected chi connectivity index (χ2v) is 7.36. The van der Waals surface area contributed by atoms with Crippen molar-refractivity contribution in [1.82, 2.24) is 4.90 Å². The molecule has 152 valence electrons. The quantitative estimate of drug-likeness (QED) is 0.454. The molecule has 7 nitrogen and oxygen atoms in total. The van der Waals surface area contributed by atoms with Crippen molar-refractivity contribution in [3.63, 3.8) is 0 Å². The van der Waals surface area contributed by atoms with Crippen LogP contribution in [0.5, 0.6) is 5.75 Å². The van der Waals surface area contributed by atoms with E-state index in [0.717, 1.165) is 12.8 Å². The number of rotatable bonds is 5. The minimum atomic E-state index is -0.838. The Bertz CT molecular complexity index is 962. The zero-order chi connectivity index (χ0) is 20.5. The predicted molar refractivity (Wildman–Crippen MR) is 105 cm³/mol. The van der Waals surface area contributed by atoms with Gasteiger partial charge in [0.1, 0.15) is 23.3 Å². The molecule has 0 saturated carbocycles. The van der Waals surface area contributed by atoms with Gasteiger partial charge in [-0.05, 0) is 43.2 Å². The maximum Gasteiger partial charge on any atom is 0.295 e. The fourth-order valence-electron chi connectivity index (χ4n) is 3.79. The Morgan fingerprint density at radius 1 is 1.34 bits per heavy atom. The number of furan rings is 1. The van der Waals surface area contributed by atoms with Crippen LogP contribution in [-0.2, 0) is 14.3 Å². The lowest BCUT2D eigenvalue weighted by atomic mass is 9.99. The van der Waals surface area contributed by atoms with Gasteiger partial charge in [0.2, 0.25) is 0 Å². The minimum Gasteiger partial charge on any atom is -0.507 e. The molecule has 1 aromatic carbocycles. The number of likely N-dealkylation sites (tertiary alicyclic amines) is 1. The Morgan fingerprint density at radius 2 is 2.17 bits per heavy atom. The molecule has 1 aromatic heterocycles. The van der Waals surface area contributed by atoms with Gasteiger partial charge in [0.15, 0.2) is 0 Å². The number of nitrogens with zero attached hydrogens (tertiary/aromatic N) is 1. The lowest BCUT2D eigenvalue weighted by molar-refractivity contribution is -0.141. The number of ether oxygens (including phenoxy) is 2. The third-order valence-corrected chi connectivity index (χ3v) is 5.50. The molecule has 8 heteroatoms. The molecule has 0 bridgehead atoms. The van der Waals surface area contributed by atoms with Gasteiger partial charge < -0.3 is 23.9 Å². The highest BCUT2D eigenvalue weighted by molar-refractivity contribution is 6.46. The monoisotopic (exact) mass is 417 g/mol. The Hall–Kier alpha value is -2.77. The summed E-state index contributed by atoms with van der Waals surface area (Å²) in [6.07, 6.45) is 3.03. The lowest BCUT2D eigenvalue weighted by Gasteiger charge is -2.25. The molecular formula is C21H20ClNO6. The lowest BCUT2D eigenvalue weighted by Crippen LogP contribution is -2.36. The van der Waals surface area contributed by atoms with Gasteiger partial charge in [-0.15, -0.1) is 0 Å². The molecule has 4 rings (SSSR count). The molecule has 2 fully saturated rings. The van der Waals surface area contributed by atoms with E-state index in [2.05, 4.69) is 0 Å². The first kappa shape index (κ1) is 19.5. The molecule has 3 heterocycles. The number of aliphatic hydroxyl groups excluding tert-OH is 1. The third kappa shape index (κ3) is 3.52. The summed E-state index contributed by atoms with van der Waals surface area (Å²) in [7, 11) is 1.48. The summed E-state index contributed by atoms with van der Waals surface area (Å²) >= 11 is 6.17. The highest BCUT2D eigenvalue weighted by Gasteiger charge is 2.48. The Kier molecular flexibility index (Phi) is 5.34. The topological polar surface area (TPSA) is 89.2 Å². The number of methoxy groups -OCH3 is 1. The Labute approximate surface area is 172 Å². The number of benzene rings is 1. The number of carbonyl (C=O) groups is 2. The number of halogens is 1. The van der Waals surface area contributed by atoms with Gasteiger partial charge in [0.25, 0.3) is 11.7 Å². The van der Waals surface area contributed by atoms with Gasteiger partial charge in [0.05, 0.1) is 30.1 Å². The number of carbonyl (C=O) groups excluding carboxylic acids is 2. The number of Topliss-reactive ketones (excluding diaryl/α,β-unsaturated/α-hetero) is 1. The molecular weight excluding hydrogens is 398 g/mol. The van der Waals surface area contributed by atoms with Crippen LogP contribution in [0.1, 0.15) is 30.2 Å². The van der Waals surface area contributed by atoms with E-state index in [9.17, 15) is 14.7 Å². The van der Waals surface area contributed by atoms with E-state index in [1.54, 1.807) is 24.3 Å². The van der Waals surface area contributed by atoms with Crippen LogP contribution >= 0.6 is 11.6 Å². The fraction of sp³-hybridized carbons (Fsp3) is 0.333. The number of hydrogen-bond acceptors (Lipinski definition) is 6. The first-order valence-corrected chi connectivity index (χ1v) is 9.66. The van der Waals surface area contributed by atoms with Crippen LogP contribution in [-0.4, -0.2) is 48.1 Å². The summed E-state index contributed by atoms with van der Waals surface area (Å²) in [6.45, 7) is 0.875. The third-order valence-electron chi connectivity index (χ3n) is 5.20. The van der Waals surface area contributed by atoms with Gasteiger partial charge >= 0.3 is 0 Å². The van der Waals surface area contributed by atoms with E-state index in [-0.39, 0.29) is 29.0 Å². The van der Waals surface area contributed by atoms with Crippen molar-refractivity contribution in [2.24, 2.45) is 0 Å². The van der Waals surface area contributed by atoms with Gasteiger partial charge in [-0.25, -0.2) is 0 Å². The molecule has 1 N–H and O–H groups in total. The molecule has 2 unspecified atom stereocenters. The average molecular weight is 418 g/mol. The molecule has 29 heavy (non-hydrogen) atoms. The highest BCUT2D eigenvalue weighted by atomic mass is 35.5. The molecule has 1 amide bonds. The van der Waals surface area contributed by atoms with Crippen molar-refractivity contribution in [3.05, 3.63) is 58.5 Å². The first-order chi connectivity index (χ1) is 14.0. The number of hydrogen-bond donors (Lipinski definition) is 1. The molecule has 0 aliphatic carbocycles. The normalized spacial score (nSPS) is 23.7. The van der Waals surface area contributed by atoms with E-state index in [1.165, 1.54) is 24.3 Å². The standard InChI is InChI=1S/C21H20ClNO6/c1-27-15-7-6-12(10-14(15)22)19(24)17-18(16-5-3-9-29-16)23(21(26)20(17)25)11-13-4-2-8-28-13/h3,5-7,9-10,13,18,24H,2,4,8,11H2,1H3/b19-17-. The molecule has 2 atom stereocenters. The molecule has 2 saturated heterocycles. The van der Waals surface area contributed by atoms with Gasteiger partial charge in [-0.1, -0.05) is 11.6 Å². The van der Waals surface area contributed by atoms with Crippen LogP contribution in [0.3, 0.4) is 0 Å². The Morgan fingerprint density at radius 3 is 2.79 bits per heavy atom. The van der Waals surface area contributed by atoms with Crippen molar-refractivity contribution in [3.8, 4) is 5.75 Å². The zero-order valence-corrected chi connectivity index (χ0v) is 16.5. The van der Waals surface area contributed by atoms with Crippen LogP contribution in [0.2, 0.25) is 5.02 Å². The summed E-state index contributed by atoms with van der Waals surface area (Å²) in [5.74, 6) is -0.950. The smallest absolute Gasteiger partial charge is 0.295 e. The van der Waals surface area contributed by atoms with E-state index in [4.69, 9.17) is 25.5 Å². The van der Waals surface area contributed by atoms with E-state index >= 15 is 0 Å². The van der Waals surface area contributed by atoms with Gasteiger partial charge in [-0.3, -0.25) is 9.59 Å².